The maximum atomic E-state index is 10.5. The smallest absolute Gasteiger partial charge is 0.302 e. The van der Waals surface area contributed by atoms with Crippen LogP contribution in [0.4, 0.5) is 0 Å². The zero-order valence-corrected chi connectivity index (χ0v) is 7.49. The Kier molecular flexibility index (Phi) is 3.45. The Bertz CT molecular complexity index is 258. The molecule has 0 bridgehead atoms. The zero-order valence-electron chi connectivity index (χ0n) is 7.49. The summed E-state index contributed by atoms with van der Waals surface area (Å²) >= 11 is 0. The number of carbonyl (C=O) groups is 1. The number of nitrogens with one attached hydrogen (secondary N) is 1. The SMILES string of the molecule is CC(=O)OC[C@@H](N)Cc1cnc[nH]1. The quantitative estimate of drug-likeness (QED) is 0.636. The lowest BCUT2D eigenvalue weighted by molar-refractivity contribution is -0.141. The molecule has 1 atom stereocenters. The summed E-state index contributed by atoms with van der Waals surface area (Å²) < 4.78 is 4.75. The second kappa shape index (κ2) is 4.61. The molecule has 5 nitrogen and oxygen atoms in total. The molecule has 0 fully saturated rings. The molecule has 1 aromatic heterocycles. The van der Waals surface area contributed by atoms with Crippen molar-refractivity contribution in [2.24, 2.45) is 5.73 Å². The van der Waals surface area contributed by atoms with Crippen LogP contribution in [0.25, 0.3) is 0 Å². The molecule has 1 heterocycles. The molecule has 3 N–H and O–H groups in total. The highest BCUT2D eigenvalue weighted by molar-refractivity contribution is 5.65. The molecule has 0 aliphatic carbocycles. The third-order valence-corrected chi connectivity index (χ3v) is 1.54. The predicted molar refractivity (Wildman–Crippen MR) is 46.9 cm³/mol. The van der Waals surface area contributed by atoms with Crippen LogP contribution in [0.15, 0.2) is 12.5 Å². The van der Waals surface area contributed by atoms with Gasteiger partial charge in [-0.1, -0.05) is 0 Å². The minimum Gasteiger partial charge on any atom is -0.464 e. The van der Waals surface area contributed by atoms with Crippen molar-refractivity contribution in [2.45, 2.75) is 19.4 Å². The van der Waals surface area contributed by atoms with Gasteiger partial charge in [0.15, 0.2) is 0 Å². The molecule has 0 amide bonds. The Morgan fingerprint density at radius 1 is 1.85 bits per heavy atom. The van der Waals surface area contributed by atoms with Crippen LogP contribution in [0.1, 0.15) is 12.6 Å². The second-order valence-corrected chi connectivity index (χ2v) is 2.84. The van der Waals surface area contributed by atoms with Crippen molar-refractivity contribution in [2.75, 3.05) is 6.61 Å². The van der Waals surface area contributed by atoms with E-state index in [1.165, 1.54) is 6.92 Å². The summed E-state index contributed by atoms with van der Waals surface area (Å²) in [6, 6.07) is -0.177. The van der Waals surface area contributed by atoms with Crippen LogP contribution in [-0.4, -0.2) is 28.6 Å². The topological polar surface area (TPSA) is 81.0 Å². The third-order valence-electron chi connectivity index (χ3n) is 1.54. The number of hydrogen-bond acceptors (Lipinski definition) is 4. The molecule has 72 valence electrons. The predicted octanol–water partition coefficient (Wildman–Crippen LogP) is -0.157. The van der Waals surface area contributed by atoms with E-state index < -0.39 is 0 Å². The number of ether oxygens (including phenoxy) is 1. The van der Waals surface area contributed by atoms with Crippen molar-refractivity contribution >= 4 is 5.97 Å². The van der Waals surface area contributed by atoms with E-state index in [-0.39, 0.29) is 18.6 Å². The number of nitrogens with two attached hydrogens (primary N) is 1. The number of rotatable bonds is 4. The van der Waals surface area contributed by atoms with Crippen molar-refractivity contribution in [3.63, 3.8) is 0 Å². The van der Waals surface area contributed by atoms with E-state index in [1.54, 1.807) is 12.5 Å². The van der Waals surface area contributed by atoms with Gasteiger partial charge in [0.2, 0.25) is 0 Å². The van der Waals surface area contributed by atoms with E-state index in [9.17, 15) is 4.79 Å². The first kappa shape index (κ1) is 9.73. The molecule has 0 aromatic carbocycles. The molecule has 0 aliphatic rings. The normalized spacial score (nSPS) is 12.5. The molecule has 0 saturated heterocycles. The first-order chi connectivity index (χ1) is 6.18. The Morgan fingerprint density at radius 3 is 3.15 bits per heavy atom. The molecule has 0 unspecified atom stereocenters. The van der Waals surface area contributed by atoms with Gasteiger partial charge in [-0.05, 0) is 0 Å². The van der Waals surface area contributed by atoms with E-state index in [0.717, 1.165) is 5.69 Å². The van der Waals surface area contributed by atoms with Gasteiger partial charge >= 0.3 is 5.97 Å². The minimum absolute atomic E-state index is 0.177. The maximum Gasteiger partial charge on any atom is 0.302 e. The number of carbonyl (C=O) groups excluding carboxylic acids is 1. The maximum absolute atomic E-state index is 10.5. The van der Waals surface area contributed by atoms with Gasteiger partial charge in [-0.2, -0.15) is 0 Å². The lowest BCUT2D eigenvalue weighted by Gasteiger charge is -2.09. The van der Waals surface area contributed by atoms with E-state index in [2.05, 4.69) is 9.97 Å². The largest absolute Gasteiger partial charge is 0.464 e. The van der Waals surface area contributed by atoms with Gasteiger partial charge in [0.25, 0.3) is 0 Å². The fraction of sp³-hybridized carbons (Fsp3) is 0.500. The van der Waals surface area contributed by atoms with Crippen LogP contribution < -0.4 is 5.73 Å². The summed E-state index contributed by atoms with van der Waals surface area (Å²) in [4.78, 5) is 17.2. The van der Waals surface area contributed by atoms with Crippen LogP contribution in [0.2, 0.25) is 0 Å². The lowest BCUT2D eigenvalue weighted by atomic mass is 10.2. The Morgan fingerprint density at radius 2 is 2.62 bits per heavy atom. The summed E-state index contributed by atoms with van der Waals surface area (Å²) in [5, 5.41) is 0. The van der Waals surface area contributed by atoms with Gasteiger partial charge in [0.05, 0.1) is 6.33 Å². The number of nitrogens with zero attached hydrogens (tertiary/aromatic N) is 1. The van der Waals surface area contributed by atoms with Crippen molar-refractivity contribution in [3.05, 3.63) is 18.2 Å². The van der Waals surface area contributed by atoms with E-state index >= 15 is 0 Å². The Balaban J connectivity index is 2.25. The van der Waals surface area contributed by atoms with Crippen LogP contribution in [0.3, 0.4) is 0 Å². The van der Waals surface area contributed by atoms with Gasteiger partial charge < -0.3 is 15.5 Å². The number of esters is 1. The van der Waals surface area contributed by atoms with E-state index in [1.807, 2.05) is 0 Å². The first-order valence-electron chi connectivity index (χ1n) is 4.04. The average molecular weight is 183 g/mol. The first-order valence-corrected chi connectivity index (χ1v) is 4.04. The second-order valence-electron chi connectivity index (χ2n) is 2.84. The summed E-state index contributed by atoms with van der Waals surface area (Å²) in [6.45, 7) is 1.61. The van der Waals surface area contributed by atoms with Gasteiger partial charge in [-0.25, -0.2) is 4.98 Å². The monoisotopic (exact) mass is 183 g/mol. The van der Waals surface area contributed by atoms with Crippen LogP contribution in [0, 0.1) is 0 Å². The van der Waals surface area contributed by atoms with Gasteiger partial charge in [-0.15, -0.1) is 0 Å². The highest BCUT2D eigenvalue weighted by atomic mass is 16.5. The number of aromatic amines is 1. The highest BCUT2D eigenvalue weighted by Gasteiger charge is 2.06. The zero-order chi connectivity index (χ0) is 9.68. The van der Waals surface area contributed by atoms with Crippen molar-refractivity contribution < 1.29 is 9.53 Å². The van der Waals surface area contributed by atoms with Crippen LogP contribution in [-0.2, 0) is 16.0 Å². The molecule has 1 aromatic rings. The van der Waals surface area contributed by atoms with Crippen molar-refractivity contribution in [1.29, 1.82) is 0 Å². The fourth-order valence-corrected chi connectivity index (χ4v) is 0.962. The number of hydrogen-bond donors (Lipinski definition) is 2. The summed E-state index contributed by atoms with van der Waals surface area (Å²) in [6.07, 6.45) is 3.93. The molecule has 13 heavy (non-hydrogen) atoms. The minimum atomic E-state index is -0.305. The Hall–Kier alpha value is -1.36. The molecule has 5 heteroatoms. The number of H-pyrrole nitrogens is 1. The molecule has 1 rings (SSSR count). The fourth-order valence-electron chi connectivity index (χ4n) is 0.962. The van der Waals surface area contributed by atoms with E-state index in [0.29, 0.717) is 6.42 Å². The summed E-state index contributed by atoms with van der Waals surface area (Å²) in [5.74, 6) is -0.305. The molecule has 0 spiro atoms. The summed E-state index contributed by atoms with van der Waals surface area (Å²) in [5.41, 5.74) is 6.63. The van der Waals surface area contributed by atoms with E-state index in [4.69, 9.17) is 10.5 Å². The van der Waals surface area contributed by atoms with Gasteiger partial charge in [0.1, 0.15) is 6.61 Å². The lowest BCUT2D eigenvalue weighted by Crippen LogP contribution is -2.29. The van der Waals surface area contributed by atoms with Gasteiger partial charge in [0, 0.05) is 31.3 Å². The molecular weight excluding hydrogens is 170 g/mol. The molecule has 0 radical (unpaired) electrons. The summed E-state index contributed by atoms with van der Waals surface area (Å²) in [7, 11) is 0. The van der Waals surface area contributed by atoms with Crippen molar-refractivity contribution in [3.8, 4) is 0 Å². The molecular formula is C8H13N3O2. The van der Waals surface area contributed by atoms with Crippen LogP contribution >= 0.6 is 0 Å². The number of imidazole rings is 1. The van der Waals surface area contributed by atoms with Crippen molar-refractivity contribution in [1.82, 2.24) is 9.97 Å². The van der Waals surface area contributed by atoms with Gasteiger partial charge in [-0.3, -0.25) is 4.79 Å². The molecule has 0 aliphatic heterocycles. The Labute approximate surface area is 76.3 Å². The highest BCUT2D eigenvalue weighted by Crippen LogP contribution is 1.96. The van der Waals surface area contributed by atoms with Crippen LogP contribution in [0.5, 0.6) is 0 Å². The average Bonchev–Trinajstić information content (AvgIpc) is 2.53. The third kappa shape index (κ3) is 3.71. The molecule has 0 saturated carbocycles. The number of aromatic nitrogens is 2. The standard InChI is InChI=1S/C8H13N3O2/c1-6(12)13-4-7(9)2-8-3-10-5-11-8/h3,5,7H,2,4,9H2,1H3,(H,10,11)/t7-/m0/s1.